The van der Waals surface area contributed by atoms with Crippen LogP contribution in [0.15, 0.2) is 71.7 Å². The number of anilines is 1. The lowest BCUT2D eigenvalue weighted by atomic mass is 10.1. The quantitative estimate of drug-likeness (QED) is 0.367. The first-order valence-corrected chi connectivity index (χ1v) is 11.3. The minimum atomic E-state index is -0.587. The molecule has 10 heteroatoms. The fourth-order valence-electron chi connectivity index (χ4n) is 3.53. The van der Waals surface area contributed by atoms with Crippen molar-refractivity contribution in [1.29, 1.82) is 0 Å². The van der Waals surface area contributed by atoms with Gasteiger partial charge in [0.05, 0.1) is 5.56 Å². The van der Waals surface area contributed by atoms with Gasteiger partial charge in [-0.2, -0.15) is 0 Å². The molecule has 3 heterocycles. The summed E-state index contributed by atoms with van der Waals surface area (Å²) in [4.78, 5) is 37.3. The summed E-state index contributed by atoms with van der Waals surface area (Å²) in [5, 5.41) is 5.60. The van der Waals surface area contributed by atoms with E-state index >= 15 is 0 Å². The first-order valence-electron chi connectivity index (χ1n) is 11.3. The lowest BCUT2D eigenvalue weighted by molar-refractivity contribution is 0.0635. The van der Waals surface area contributed by atoms with Crippen LogP contribution in [0.1, 0.15) is 36.7 Å². The number of rotatable bonds is 5. The van der Waals surface area contributed by atoms with Crippen LogP contribution in [-0.4, -0.2) is 37.0 Å². The van der Waals surface area contributed by atoms with Crippen LogP contribution in [0.5, 0.6) is 0 Å². The van der Waals surface area contributed by atoms with Gasteiger partial charge in [0, 0.05) is 42.6 Å². The Morgan fingerprint density at radius 1 is 1.08 bits per heavy atom. The second-order valence-corrected chi connectivity index (χ2v) is 9.19. The van der Waals surface area contributed by atoms with Gasteiger partial charge in [-0.25, -0.2) is 19.7 Å². The highest BCUT2D eigenvalue weighted by atomic mass is 16.6. The van der Waals surface area contributed by atoms with E-state index in [0.717, 1.165) is 11.1 Å². The SMILES string of the molecule is CC(C)(C)OC(=O)Nc1ccc2oc(-c3ccc(CNC(=O)c4cnc5nccn5c4)cc3)nc2c1. The Morgan fingerprint density at radius 2 is 1.89 bits per heavy atom. The average molecular weight is 485 g/mol. The Bertz CT molecular complexity index is 1560. The van der Waals surface area contributed by atoms with Gasteiger partial charge >= 0.3 is 6.09 Å². The van der Waals surface area contributed by atoms with Crippen LogP contribution in [0.4, 0.5) is 10.5 Å². The zero-order valence-electron chi connectivity index (χ0n) is 20.0. The van der Waals surface area contributed by atoms with E-state index in [2.05, 4.69) is 25.6 Å². The predicted molar refractivity (Wildman–Crippen MR) is 133 cm³/mol. The van der Waals surface area contributed by atoms with Gasteiger partial charge in [0.25, 0.3) is 5.91 Å². The standard InChI is InChI=1S/C26H24N6O4/c1-26(2,3)36-25(34)30-19-8-9-21-20(12-19)31-23(35-21)17-6-4-16(5-7-17)13-28-22(33)18-14-29-24-27-10-11-32(24)15-18/h4-12,14-15H,13H2,1-3H3,(H,28,33)(H,30,34). The molecule has 0 spiro atoms. The molecular weight excluding hydrogens is 460 g/mol. The molecule has 0 saturated carbocycles. The van der Waals surface area contributed by atoms with Gasteiger partial charge in [0.1, 0.15) is 11.1 Å². The van der Waals surface area contributed by atoms with Gasteiger partial charge in [-0.15, -0.1) is 0 Å². The molecule has 10 nitrogen and oxygen atoms in total. The normalized spacial score (nSPS) is 11.5. The summed E-state index contributed by atoms with van der Waals surface area (Å²) >= 11 is 0. The molecule has 5 rings (SSSR count). The molecule has 0 fully saturated rings. The summed E-state index contributed by atoms with van der Waals surface area (Å²) in [6.07, 6.45) is 6.02. The third kappa shape index (κ3) is 5.17. The lowest BCUT2D eigenvalue weighted by Gasteiger charge is -2.19. The number of nitrogens with zero attached hydrogens (tertiary/aromatic N) is 4. The number of imidazole rings is 1. The lowest BCUT2D eigenvalue weighted by Crippen LogP contribution is -2.27. The van der Waals surface area contributed by atoms with Crippen LogP contribution in [0, 0.1) is 0 Å². The number of aromatic nitrogens is 4. The Labute approximate surface area is 206 Å². The maximum Gasteiger partial charge on any atom is 0.412 e. The molecule has 36 heavy (non-hydrogen) atoms. The molecule has 0 saturated heterocycles. The largest absolute Gasteiger partial charge is 0.444 e. The maximum atomic E-state index is 12.5. The highest BCUT2D eigenvalue weighted by Gasteiger charge is 2.17. The first-order chi connectivity index (χ1) is 17.2. The van der Waals surface area contributed by atoms with Crippen molar-refractivity contribution < 1.29 is 18.7 Å². The topological polar surface area (TPSA) is 124 Å². The zero-order valence-corrected chi connectivity index (χ0v) is 20.0. The minimum absolute atomic E-state index is 0.225. The van der Waals surface area contributed by atoms with Crippen LogP contribution in [0.25, 0.3) is 28.3 Å². The summed E-state index contributed by atoms with van der Waals surface area (Å²) in [6, 6.07) is 12.8. The van der Waals surface area contributed by atoms with E-state index in [1.54, 1.807) is 62.0 Å². The van der Waals surface area contributed by atoms with Crippen molar-refractivity contribution in [3.8, 4) is 11.5 Å². The molecule has 0 unspecified atom stereocenters. The smallest absolute Gasteiger partial charge is 0.412 e. The number of hydrogen-bond acceptors (Lipinski definition) is 7. The van der Waals surface area contributed by atoms with E-state index in [0.29, 0.717) is 40.6 Å². The van der Waals surface area contributed by atoms with E-state index < -0.39 is 11.7 Å². The molecule has 0 aliphatic rings. The number of benzene rings is 2. The van der Waals surface area contributed by atoms with E-state index in [4.69, 9.17) is 9.15 Å². The van der Waals surface area contributed by atoms with Crippen LogP contribution >= 0.6 is 0 Å². The van der Waals surface area contributed by atoms with Gasteiger partial charge < -0.3 is 14.5 Å². The molecule has 182 valence electrons. The summed E-state index contributed by atoms with van der Waals surface area (Å²) in [5.74, 6) is 0.767. The number of carbonyl (C=O) groups is 2. The van der Waals surface area contributed by atoms with E-state index in [9.17, 15) is 9.59 Å². The number of amides is 2. The Balaban J connectivity index is 1.23. The second-order valence-electron chi connectivity index (χ2n) is 9.19. The van der Waals surface area contributed by atoms with Crippen molar-refractivity contribution in [2.75, 3.05) is 5.32 Å². The Morgan fingerprint density at radius 3 is 2.67 bits per heavy atom. The number of fused-ring (bicyclic) bond motifs is 2. The van der Waals surface area contributed by atoms with Gasteiger partial charge in [-0.3, -0.25) is 14.5 Å². The molecular formula is C26H24N6O4. The Kier molecular flexibility index (Phi) is 5.85. The number of ether oxygens (including phenoxy) is 1. The summed E-state index contributed by atoms with van der Waals surface area (Å²) in [5.41, 5.74) is 3.34. The van der Waals surface area contributed by atoms with Gasteiger partial charge in [-0.1, -0.05) is 12.1 Å². The number of carbonyl (C=O) groups excluding carboxylic acids is 2. The van der Waals surface area contributed by atoms with E-state index in [-0.39, 0.29) is 5.91 Å². The molecule has 2 aromatic carbocycles. The summed E-state index contributed by atoms with van der Waals surface area (Å²) < 4.78 is 12.9. The molecule has 0 atom stereocenters. The number of oxazole rings is 1. The molecule has 2 N–H and O–H groups in total. The van der Waals surface area contributed by atoms with Gasteiger partial charge in [-0.05, 0) is 56.7 Å². The van der Waals surface area contributed by atoms with Crippen molar-refractivity contribution >= 4 is 34.6 Å². The second kappa shape index (κ2) is 9.14. The summed E-state index contributed by atoms with van der Waals surface area (Å²) in [6.45, 7) is 5.77. The molecule has 0 aliphatic heterocycles. The van der Waals surface area contributed by atoms with Crippen molar-refractivity contribution in [2.45, 2.75) is 32.9 Å². The number of hydrogen-bond donors (Lipinski definition) is 2. The Hall–Kier alpha value is -4.73. The number of nitrogens with one attached hydrogen (secondary N) is 2. The predicted octanol–water partition coefficient (Wildman–Crippen LogP) is 4.81. The fourth-order valence-corrected chi connectivity index (χ4v) is 3.53. The zero-order chi connectivity index (χ0) is 25.3. The molecule has 0 bridgehead atoms. The fraction of sp³-hybridized carbons (Fsp3) is 0.192. The molecule has 2 amide bonds. The third-order valence-corrected chi connectivity index (χ3v) is 5.19. The van der Waals surface area contributed by atoms with Crippen LogP contribution < -0.4 is 10.6 Å². The van der Waals surface area contributed by atoms with Crippen LogP contribution in [-0.2, 0) is 11.3 Å². The highest BCUT2D eigenvalue weighted by molar-refractivity contribution is 5.93. The molecule has 0 radical (unpaired) electrons. The average Bonchev–Trinajstić information content (AvgIpc) is 3.47. The summed E-state index contributed by atoms with van der Waals surface area (Å²) in [7, 11) is 0. The van der Waals surface area contributed by atoms with Gasteiger partial charge in [0.2, 0.25) is 11.7 Å². The van der Waals surface area contributed by atoms with Crippen molar-refractivity contribution in [3.05, 3.63) is 78.4 Å². The maximum absolute atomic E-state index is 12.5. The molecule has 0 aliphatic carbocycles. The monoisotopic (exact) mass is 484 g/mol. The highest BCUT2D eigenvalue weighted by Crippen LogP contribution is 2.27. The van der Waals surface area contributed by atoms with Crippen molar-refractivity contribution in [1.82, 2.24) is 24.7 Å². The van der Waals surface area contributed by atoms with Gasteiger partial charge in [0.15, 0.2) is 5.58 Å². The van der Waals surface area contributed by atoms with E-state index in [1.165, 1.54) is 6.20 Å². The molecule has 5 aromatic rings. The first kappa shape index (κ1) is 23.0. The van der Waals surface area contributed by atoms with Crippen LogP contribution in [0.3, 0.4) is 0 Å². The molecule has 3 aromatic heterocycles. The van der Waals surface area contributed by atoms with Crippen molar-refractivity contribution in [3.63, 3.8) is 0 Å². The van der Waals surface area contributed by atoms with Crippen LogP contribution in [0.2, 0.25) is 0 Å². The van der Waals surface area contributed by atoms with E-state index in [1.807, 2.05) is 24.3 Å². The minimum Gasteiger partial charge on any atom is -0.444 e. The van der Waals surface area contributed by atoms with Crippen molar-refractivity contribution in [2.24, 2.45) is 0 Å². The third-order valence-electron chi connectivity index (χ3n) is 5.19.